The molecule has 2 heteroatoms. The van der Waals surface area contributed by atoms with Crippen LogP contribution in [0.15, 0.2) is 0 Å². The summed E-state index contributed by atoms with van der Waals surface area (Å²) in [4.78, 5) is 0. The molecule has 0 amide bonds. The molecule has 1 saturated carbocycles. The van der Waals surface area contributed by atoms with Gasteiger partial charge in [-0.1, -0.05) is 13.8 Å². The van der Waals surface area contributed by atoms with Gasteiger partial charge in [-0.3, -0.25) is 0 Å². The van der Waals surface area contributed by atoms with Crippen LogP contribution in [0.5, 0.6) is 0 Å². The van der Waals surface area contributed by atoms with E-state index in [1.807, 2.05) is 13.8 Å². The normalized spacial score (nSPS) is 43.5. The van der Waals surface area contributed by atoms with Gasteiger partial charge >= 0.3 is 0 Å². The first-order valence-electron chi connectivity index (χ1n) is 2.90. The molecule has 2 unspecified atom stereocenters. The minimum absolute atomic E-state index is 0.0422. The highest BCUT2D eigenvalue weighted by molar-refractivity contribution is 4.95. The van der Waals surface area contributed by atoms with Gasteiger partial charge in [0, 0.05) is 0 Å². The van der Waals surface area contributed by atoms with Gasteiger partial charge in [-0.05, 0) is 11.8 Å². The van der Waals surface area contributed by atoms with E-state index < -0.39 is 12.2 Å². The Kier molecular flexibility index (Phi) is 1.10. The van der Waals surface area contributed by atoms with E-state index >= 15 is 0 Å². The molecular weight excluding hydrogens is 104 g/mol. The second kappa shape index (κ2) is 1.45. The molecule has 0 bridgehead atoms. The molecule has 1 rings (SSSR count). The molecule has 0 aromatic rings. The topological polar surface area (TPSA) is 40.5 Å². The molecule has 8 heavy (non-hydrogen) atoms. The molecule has 2 atom stereocenters. The molecule has 0 aliphatic heterocycles. The van der Waals surface area contributed by atoms with Gasteiger partial charge in [0.05, 0.1) is 12.2 Å². The van der Waals surface area contributed by atoms with Crippen LogP contribution in [0.2, 0.25) is 0 Å². The maximum absolute atomic E-state index is 8.99. The molecule has 1 aliphatic rings. The van der Waals surface area contributed by atoms with Gasteiger partial charge in [-0.25, -0.2) is 0 Å². The summed E-state index contributed by atoms with van der Waals surface area (Å²) in [7, 11) is 0. The summed E-state index contributed by atoms with van der Waals surface area (Å²) in [5, 5.41) is 17.8. The highest BCUT2D eigenvalue weighted by Gasteiger charge is 2.45. The van der Waals surface area contributed by atoms with Gasteiger partial charge in [-0.2, -0.15) is 0 Å². The lowest BCUT2D eigenvalue weighted by molar-refractivity contribution is -0.146. The molecular formula is C6H12O2. The average molecular weight is 116 g/mol. The van der Waals surface area contributed by atoms with Crippen LogP contribution in [-0.4, -0.2) is 22.4 Å². The second-order valence-corrected chi connectivity index (χ2v) is 3.20. The molecule has 0 radical (unpaired) electrons. The van der Waals surface area contributed by atoms with Crippen LogP contribution in [0.1, 0.15) is 20.3 Å². The lowest BCUT2D eigenvalue weighted by Gasteiger charge is -2.45. The number of rotatable bonds is 0. The third kappa shape index (κ3) is 0.644. The van der Waals surface area contributed by atoms with Crippen LogP contribution in [0.4, 0.5) is 0 Å². The van der Waals surface area contributed by atoms with Crippen LogP contribution < -0.4 is 0 Å². The Morgan fingerprint density at radius 1 is 1.38 bits per heavy atom. The van der Waals surface area contributed by atoms with Crippen molar-refractivity contribution < 1.29 is 10.2 Å². The van der Waals surface area contributed by atoms with E-state index in [0.29, 0.717) is 0 Å². The zero-order valence-corrected chi connectivity index (χ0v) is 5.26. The monoisotopic (exact) mass is 116 g/mol. The maximum atomic E-state index is 8.99. The van der Waals surface area contributed by atoms with E-state index in [0.717, 1.165) is 6.42 Å². The van der Waals surface area contributed by atoms with Crippen molar-refractivity contribution in [2.24, 2.45) is 5.41 Å². The van der Waals surface area contributed by atoms with Gasteiger partial charge in [0.2, 0.25) is 0 Å². The smallest absolute Gasteiger partial charge is 0.0851 e. The Hall–Kier alpha value is -0.0800. The Balaban J connectivity index is 2.47. The molecule has 48 valence electrons. The zero-order chi connectivity index (χ0) is 6.36. The van der Waals surface area contributed by atoms with Crippen molar-refractivity contribution in [2.75, 3.05) is 0 Å². The van der Waals surface area contributed by atoms with E-state index in [1.165, 1.54) is 0 Å². The summed E-state index contributed by atoms with van der Waals surface area (Å²) in [5.41, 5.74) is -0.0422. The fourth-order valence-electron chi connectivity index (χ4n) is 1.13. The second-order valence-electron chi connectivity index (χ2n) is 3.20. The van der Waals surface area contributed by atoms with Crippen molar-refractivity contribution >= 4 is 0 Å². The van der Waals surface area contributed by atoms with Gasteiger partial charge in [0.25, 0.3) is 0 Å². The van der Waals surface area contributed by atoms with Crippen molar-refractivity contribution in [3.63, 3.8) is 0 Å². The minimum Gasteiger partial charge on any atom is -0.390 e. The standard InChI is InChI=1S/C6H12O2/c1-6(2)3-4(7)5(6)8/h4-5,7-8H,3H2,1-2H3. The Bertz CT molecular complexity index is 98.7. The number of aliphatic hydroxyl groups excluding tert-OH is 2. The predicted octanol–water partition coefficient (Wildman–Crippen LogP) is 0.138. The Morgan fingerprint density at radius 2 is 1.88 bits per heavy atom. The molecule has 0 aromatic carbocycles. The van der Waals surface area contributed by atoms with Gasteiger partial charge in [0.1, 0.15) is 0 Å². The van der Waals surface area contributed by atoms with E-state index in [2.05, 4.69) is 0 Å². The maximum Gasteiger partial charge on any atom is 0.0851 e. The SMILES string of the molecule is CC1(C)CC(O)C1O. The van der Waals surface area contributed by atoms with Crippen LogP contribution in [0, 0.1) is 5.41 Å². The molecule has 1 aliphatic carbocycles. The molecule has 2 N–H and O–H groups in total. The van der Waals surface area contributed by atoms with Crippen LogP contribution in [0.3, 0.4) is 0 Å². The summed E-state index contributed by atoms with van der Waals surface area (Å²) in [6, 6.07) is 0. The highest BCUT2D eigenvalue weighted by atomic mass is 16.3. The number of hydrogen-bond acceptors (Lipinski definition) is 2. The third-order valence-electron chi connectivity index (χ3n) is 1.90. The van der Waals surface area contributed by atoms with Crippen LogP contribution >= 0.6 is 0 Å². The summed E-state index contributed by atoms with van der Waals surface area (Å²) in [6.07, 6.45) is -0.235. The fourth-order valence-corrected chi connectivity index (χ4v) is 1.13. The number of aliphatic hydroxyl groups is 2. The fraction of sp³-hybridized carbons (Fsp3) is 1.00. The van der Waals surface area contributed by atoms with Crippen molar-refractivity contribution in [1.82, 2.24) is 0 Å². The first-order chi connectivity index (χ1) is 3.54. The first-order valence-corrected chi connectivity index (χ1v) is 2.90. The molecule has 2 nitrogen and oxygen atoms in total. The van der Waals surface area contributed by atoms with E-state index in [9.17, 15) is 0 Å². The highest BCUT2D eigenvalue weighted by Crippen LogP contribution is 2.39. The van der Waals surface area contributed by atoms with Gasteiger partial charge in [-0.15, -0.1) is 0 Å². The lowest BCUT2D eigenvalue weighted by atomic mass is 9.67. The molecule has 0 spiro atoms. The van der Waals surface area contributed by atoms with Crippen LogP contribution in [0.25, 0.3) is 0 Å². The average Bonchev–Trinajstić information content (AvgIpc) is 1.65. The summed E-state index contributed by atoms with van der Waals surface area (Å²) >= 11 is 0. The van der Waals surface area contributed by atoms with Crippen molar-refractivity contribution in [2.45, 2.75) is 32.5 Å². The van der Waals surface area contributed by atoms with Crippen molar-refractivity contribution in [3.05, 3.63) is 0 Å². The lowest BCUT2D eigenvalue weighted by Crippen LogP contribution is -2.52. The van der Waals surface area contributed by atoms with Crippen molar-refractivity contribution in [3.8, 4) is 0 Å². The first kappa shape index (κ1) is 6.05. The molecule has 0 saturated heterocycles. The minimum atomic E-state index is -0.498. The van der Waals surface area contributed by atoms with E-state index in [4.69, 9.17) is 10.2 Å². The zero-order valence-electron chi connectivity index (χ0n) is 5.26. The Morgan fingerprint density at radius 3 is 1.88 bits per heavy atom. The predicted molar refractivity (Wildman–Crippen MR) is 30.4 cm³/mol. The Labute approximate surface area is 49.1 Å². The summed E-state index contributed by atoms with van der Waals surface area (Å²) in [6.45, 7) is 3.90. The largest absolute Gasteiger partial charge is 0.390 e. The summed E-state index contributed by atoms with van der Waals surface area (Å²) in [5.74, 6) is 0. The molecule has 0 heterocycles. The van der Waals surface area contributed by atoms with Crippen LogP contribution in [-0.2, 0) is 0 Å². The quantitative estimate of drug-likeness (QED) is 0.472. The van der Waals surface area contributed by atoms with Crippen molar-refractivity contribution in [1.29, 1.82) is 0 Å². The molecule has 0 aromatic heterocycles. The third-order valence-corrected chi connectivity index (χ3v) is 1.90. The van der Waals surface area contributed by atoms with E-state index in [1.54, 1.807) is 0 Å². The van der Waals surface area contributed by atoms with E-state index in [-0.39, 0.29) is 5.41 Å². The number of hydrogen-bond donors (Lipinski definition) is 2. The molecule has 1 fully saturated rings. The van der Waals surface area contributed by atoms with Gasteiger partial charge < -0.3 is 10.2 Å². The summed E-state index contributed by atoms with van der Waals surface area (Å²) < 4.78 is 0. The van der Waals surface area contributed by atoms with Gasteiger partial charge in [0.15, 0.2) is 0 Å².